The van der Waals surface area contributed by atoms with Gasteiger partial charge in [-0.3, -0.25) is 4.79 Å². The molecule has 1 amide bonds. The molecule has 0 spiro atoms. The molecule has 37 heavy (non-hydrogen) atoms. The number of fused-ring (bicyclic) bond motifs is 2. The van der Waals surface area contributed by atoms with Gasteiger partial charge in [-0.1, -0.05) is 78.0 Å². The Balaban J connectivity index is 1.20. The van der Waals surface area contributed by atoms with Gasteiger partial charge in [0.15, 0.2) is 17.1 Å². The highest BCUT2D eigenvalue weighted by atomic mass is 35.5. The third-order valence-electron chi connectivity index (χ3n) is 5.51. The Morgan fingerprint density at radius 3 is 2.78 bits per heavy atom. The van der Waals surface area contributed by atoms with Crippen molar-refractivity contribution < 1.29 is 18.7 Å². The number of carbonyl (C=O) groups excluding carboxylic acids is 1. The Kier molecular flexibility index (Phi) is 7.58. The number of hydrogen-bond acceptors (Lipinski definition) is 7. The number of aromatic nitrogens is 1. The van der Waals surface area contributed by atoms with Crippen LogP contribution in [-0.4, -0.2) is 30.0 Å². The fourth-order valence-electron chi connectivity index (χ4n) is 3.77. The Hall–Kier alpha value is -4.01. The fraction of sp³-hybridized carbons (Fsp3) is 0.107. The molecule has 0 unspecified atom stereocenters. The normalized spacial score (nSPS) is 11.3. The molecule has 9 heteroatoms. The van der Waals surface area contributed by atoms with E-state index in [1.54, 1.807) is 19.2 Å². The number of nitrogens with zero attached hydrogens (tertiary/aromatic N) is 2. The van der Waals surface area contributed by atoms with E-state index in [1.807, 2.05) is 48.5 Å². The molecule has 7 nitrogen and oxygen atoms in total. The van der Waals surface area contributed by atoms with Crippen molar-refractivity contribution in [3.63, 3.8) is 0 Å². The van der Waals surface area contributed by atoms with E-state index in [0.29, 0.717) is 39.5 Å². The van der Waals surface area contributed by atoms with Crippen LogP contribution in [0.1, 0.15) is 11.1 Å². The summed E-state index contributed by atoms with van der Waals surface area (Å²) in [6.07, 6.45) is 1.49. The van der Waals surface area contributed by atoms with Gasteiger partial charge in [0.1, 0.15) is 12.1 Å². The van der Waals surface area contributed by atoms with E-state index < -0.39 is 0 Å². The third kappa shape index (κ3) is 5.87. The molecule has 0 radical (unpaired) electrons. The number of nitrogens with one attached hydrogen (secondary N) is 1. The Bertz CT molecular complexity index is 1560. The van der Waals surface area contributed by atoms with Gasteiger partial charge in [0, 0.05) is 0 Å². The first kappa shape index (κ1) is 24.7. The quantitative estimate of drug-likeness (QED) is 0.133. The molecule has 0 bridgehead atoms. The number of para-hydroxylation sites is 2. The summed E-state index contributed by atoms with van der Waals surface area (Å²) in [7, 11) is 1.54. The van der Waals surface area contributed by atoms with Crippen LogP contribution in [-0.2, 0) is 11.4 Å². The van der Waals surface area contributed by atoms with Crippen molar-refractivity contribution in [2.75, 3.05) is 12.9 Å². The minimum atomic E-state index is -0.295. The molecule has 0 fully saturated rings. The van der Waals surface area contributed by atoms with E-state index in [0.717, 1.165) is 21.9 Å². The van der Waals surface area contributed by atoms with Crippen LogP contribution >= 0.6 is 23.4 Å². The molecule has 0 saturated carbocycles. The molecule has 0 aliphatic rings. The number of benzene rings is 4. The maximum Gasteiger partial charge on any atom is 0.257 e. The maximum absolute atomic E-state index is 12.2. The average Bonchev–Trinajstić information content (AvgIpc) is 3.34. The second-order valence-corrected chi connectivity index (χ2v) is 9.32. The van der Waals surface area contributed by atoms with Gasteiger partial charge in [-0.25, -0.2) is 10.4 Å². The Morgan fingerprint density at radius 1 is 1.11 bits per heavy atom. The van der Waals surface area contributed by atoms with Crippen molar-refractivity contribution in [2.24, 2.45) is 5.10 Å². The molecule has 0 aliphatic heterocycles. The summed E-state index contributed by atoms with van der Waals surface area (Å²) in [5, 5.41) is 7.09. The number of amides is 1. The highest BCUT2D eigenvalue weighted by molar-refractivity contribution is 7.99. The Morgan fingerprint density at radius 2 is 1.92 bits per heavy atom. The first-order chi connectivity index (χ1) is 18.1. The largest absolute Gasteiger partial charge is 0.493 e. The zero-order valence-corrected chi connectivity index (χ0v) is 21.4. The van der Waals surface area contributed by atoms with Crippen LogP contribution < -0.4 is 14.9 Å². The average molecular weight is 532 g/mol. The molecule has 5 rings (SSSR count). The predicted molar refractivity (Wildman–Crippen MR) is 147 cm³/mol. The van der Waals surface area contributed by atoms with Gasteiger partial charge in [-0.15, -0.1) is 0 Å². The van der Waals surface area contributed by atoms with Gasteiger partial charge in [-0.2, -0.15) is 5.10 Å². The van der Waals surface area contributed by atoms with Crippen LogP contribution in [0.4, 0.5) is 0 Å². The summed E-state index contributed by atoms with van der Waals surface area (Å²) in [5.41, 5.74) is 5.61. The number of halogens is 1. The first-order valence-corrected chi connectivity index (χ1v) is 12.7. The van der Waals surface area contributed by atoms with Crippen LogP contribution in [0.2, 0.25) is 5.02 Å². The van der Waals surface area contributed by atoms with Crippen molar-refractivity contribution in [3.8, 4) is 11.5 Å². The van der Waals surface area contributed by atoms with Gasteiger partial charge < -0.3 is 13.9 Å². The molecule has 4 aromatic carbocycles. The van der Waals surface area contributed by atoms with Crippen LogP contribution in [0.3, 0.4) is 0 Å². The number of hydrogen-bond donors (Lipinski definition) is 1. The minimum absolute atomic E-state index is 0.106. The molecule has 0 aliphatic carbocycles. The molecule has 0 saturated heterocycles. The predicted octanol–water partition coefficient (Wildman–Crippen LogP) is 6.46. The zero-order chi connectivity index (χ0) is 25.6. The van der Waals surface area contributed by atoms with Crippen molar-refractivity contribution >= 4 is 57.4 Å². The third-order valence-corrected chi connectivity index (χ3v) is 6.62. The van der Waals surface area contributed by atoms with Crippen molar-refractivity contribution in [2.45, 2.75) is 11.8 Å². The van der Waals surface area contributed by atoms with Gasteiger partial charge in [-0.05, 0) is 46.2 Å². The van der Waals surface area contributed by atoms with Gasteiger partial charge in [0.2, 0.25) is 0 Å². The maximum atomic E-state index is 12.2. The van der Waals surface area contributed by atoms with Crippen LogP contribution in [0.5, 0.6) is 11.5 Å². The highest BCUT2D eigenvalue weighted by Crippen LogP contribution is 2.37. The molecule has 186 valence electrons. The second-order valence-electron chi connectivity index (χ2n) is 7.99. The molecule has 1 heterocycles. The van der Waals surface area contributed by atoms with E-state index in [2.05, 4.69) is 33.7 Å². The van der Waals surface area contributed by atoms with E-state index in [1.165, 1.54) is 18.0 Å². The molecule has 5 aromatic rings. The first-order valence-electron chi connectivity index (χ1n) is 11.4. The van der Waals surface area contributed by atoms with Gasteiger partial charge in [0.05, 0.1) is 24.1 Å². The number of rotatable bonds is 9. The molecular formula is C28H22ClN3O4S. The zero-order valence-electron chi connectivity index (χ0n) is 19.8. The lowest BCUT2D eigenvalue weighted by Crippen LogP contribution is -2.19. The standard InChI is InChI=1S/C28H22ClN3O4S/c1-34-25-14-18(15-30-32-26(33)17-37-28-31-23-11-4-5-12-24(23)36-28)13-22(29)27(25)35-16-20-9-6-8-19-7-2-3-10-21(19)20/h2-15H,16-17H2,1H3,(H,32,33)/b30-15-. The van der Waals surface area contributed by atoms with Gasteiger partial charge in [0.25, 0.3) is 11.1 Å². The number of hydrazone groups is 1. The Labute approximate surface area is 222 Å². The summed E-state index contributed by atoms with van der Waals surface area (Å²) < 4.78 is 17.2. The van der Waals surface area contributed by atoms with Crippen molar-refractivity contribution in [3.05, 3.63) is 95.0 Å². The monoisotopic (exact) mass is 531 g/mol. The fourth-order valence-corrected chi connectivity index (χ4v) is 4.68. The van der Waals surface area contributed by atoms with E-state index in [-0.39, 0.29) is 11.7 Å². The van der Waals surface area contributed by atoms with E-state index >= 15 is 0 Å². The second kappa shape index (κ2) is 11.4. The van der Waals surface area contributed by atoms with E-state index in [9.17, 15) is 4.79 Å². The summed E-state index contributed by atoms with van der Waals surface area (Å²) in [6.45, 7) is 0.332. The number of thioether (sulfide) groups is 1. The number of ether oxygens (including phenoxy) is 2. The molecular weight excluding hydrogens is 510 g/mol. The highest BCUT2D eigenvalue weighted by Gasteiger charge is 2.13. The van der Waals surface area contributed by atoms with Crippen molar-refractivity contribution in [1.82, 2.24) is 10.4 Å². The molecule has 1 aromatic heterocycles. The van der Waals surface area contributed by atoms with Gasteiger partial charge >= 0.3 is 0 Å². The topological polar surface area (TPSA) is 86.0 Å². The van der Waals surface area contributed by atoms with Crippen LogP contribution in [0, 0.1) is 0 Å². The summed E-state index contributed by atoms with van der Waals surface area (Å²) >= 11 is 7.71. The lowest BCUT2D eigenvalue weighted by Gasteiger charge is -2.14. The molecule has 0 atom stereocenters. The number of oxazole rings is 1. The summed E-state index contributed by atoms with van der Waals surface area (Å²) in [6, 6.07) is 25.1. The molecule has 1 N–H and O–H groups in total. The van der Waals surface area contributed by atoms with Crippen LogP contribution in [0.25, 0.3) is 21.9 Å². The summed E-state index contributed by atoms with van der Waals surface area (Å²) in [4.78, 5) is 16.5. The van der Waals surface area contributed by atoms with Crippen LogP contribution in [0.15, 0.2) is 93.6 Å². The lowest BCUT2D eigenvalue weighted by atomic mass is 10.1. The van der Waals surface area contributed by atoms with Crippen molar-refractivity contribution in [1.29, 1.82) is 0 Å². The number of carbonyl (C=O) groups is 1. The minimum Gasteiger partial charge on any atom is -0.493 e. The summed E-state index contributed by atoms with van der Waals surface area (Å²) in [5.74, 6) is 0.714. The lowest BCUT2D eigenvalue weighted by molar-refractivity contribution is -0.118. The smallest absolute Gasteiger partial charge is 0.257 e. The van der Waals surface area contributed by atoms with E-state index in [4.69, 9.17) is 25.5 Å². The SMILES string of the molecule is COc1cc(/C=N\NC(=O)CSc2nc3ccccc3o2)cc(Cl)c1OCc1cccc2ccccc12. The number of methoxy groups -OCH3 is 1.